The SMILES string of the molecule is CCOC(=O)c1cn(Cc2ccc(-c3ccccc3C#N)cc2)nc1N(C(C)=O)c1ccccc1. The largest absolute Gasteiger partial charge is 0.462 e. The molecule has 0 saturated carbocycles. The number of anilines is 2. The van der Waals surface area contributed by atoms with Gasteiger partial charge in [-0.2, -0.15) is 10.4 Å². The van der Waals surface area contributed by atoms with Crippen molar-refractivity contribution in [2.24, 2.45) is 0 Å². The molecule has 1 amide bonds. The predicted octanol–water partition coefficient (Wildman–Crippen LogP) is 5.33. The Balaban J connectivity index is 1.67. The van der Waals surface area contributed by atoms with Crippen LogP contribution in [-0.2, 0) is 16.1 Å². The van der Waals surface area contributed by atoms with E-state index in [9.17, 15) is 14.9 Å². The fourth-order valence-electron chi connectivity index (χ4n) is 3.85. The monoisotopic (exact) mass is 464 g/mol. The molecule has 0 aliphatic heterocycles. The van der Waals surface area contributed by atoms with Crippen LogP contribution in [0.2, 0.25) is 0 Å². The highest BCUT2D eigenvalue weighted by Gasteiger charge is 2.26. The molecule has 0 N–H and O–H groups in total. The van der Waals surface area contributed by atoms with Gasteiger partial charge in [0.25, 0.3) is 0 Å². The highest BCUT2D eigenvalue weighted by molar-refractivity contribution is 6.04. The first-order valence-electron chi connectivity index (χ1n) is 11.2. The van der Waals surface area contributed by atoms with Crippen LogP contribution in [0, 0.1) is 11.3 Å². The van der Waals surface area contributed by atoms with Crippen LogP contribution in [0.1, 0.15) is 35.3 Å². The van der Waals surface area contributed by atoms with Crippen molar-refractivity contribution in [1.29, 1.82) is 5.26 Å². The first kappa shape index (κ1) is 23.5. The molecule has 4 aromatic rings. The van der Waals surface area contributed by atoms with E-state index in [0.29, 0.717) is 17.8 Å². The molecule has 0 spiro atoms. The second-order valence-corrected chi connectivity index (χ2v) is 7.83. The number of aromatic nitrogens is 2. The Hall–Kier alpha value is -4.70. The molecule has 0 radical (unpaired) electrons. The average Bonchev–Trinajstić information content (AvgIpc) is 3.28. The Morgan fingerprint density at radius 2 is 1.69 bits per heavy atom. The summed E-state index contributed by atoms with van der Waals surface area (Å²) in [5, 5.41) is 14.0. The van der Waals surface area contributed by atoms with Crippen LogP contribution in [0.3, 0.4) is 0 Å². The molecule has 0 atom stereocenters. The second-order valence-electron chi connectivity index (χ2n) is 7.83. The Morgan fingerprint density at radius 3 is 2.34 bits per heavy atom. The number of carbonyl (C=O) groups is 2. The van der Waals surface area contributed by atoms with Crippen LogP contribution < -0.4 is 4.90 Å². The van der Waals surface area contributed by atoms with Crippen LogP contribution in [0.15, 0.2) is 85.1 Å². The average molecular weight is 465 g/mol. The molecule has 1 aromatic heterocycles. The minimum Gasteiger partial charge on any atom is -0.462 e. The highest BCUT2D eigenvalue weighted by atomic mass is 16.5. The summed E-state index contributed by atoms with van der Waals surface area (Å²) in [4.78, 5) is 26.7. The number of esters is 1. The van der Waals surface area contributed by atoms with Gasteiger partial charge in [0.2, 0.25) is 5.91 Å². The van der Waals surface area contributed by atoms with Crippen molar-refractivity contribution in [3.63, 3.8) is 0 Å². The molecule has 174 valence electrons. The highest BCUT2D eigenvalue weighted by Crippen LogP contribution is 2.29. The summed E-state index contributed by atoms with van der Waals surface area (Å²) in [6.45, 7) is 3.75. The fourth-order valence-corrected chi connectivity index (χ4v) is 3.85. The maximum absolute atomic E-state index is 12.7. The fraction of sp³-hybridized carbons (Fsp3) is 0.143. The summed E-state index contributed by atoms with van der Waals surface area (Å²) in [7, 11) is 0. The molecule has 0 unspecified atom stereocenters. The van der Waals surface area contributed by atoms with E-state index >= 15 is 0 Å². The summed E-state index contributed by atoms with van der Waals surface area (Å²) >= 11 is 0. The Bertz CT molecular complexity index is 1390. The molecule has 0 aliphatic rings. The van der Waals surface area contributed by atoms with Gasteiger partial charge in [0.05, 0.1) is 30.5 Å². The van der Waals surface area contributed by atoms with E-state index in [-0.39, 0.29) is 23.9 Å². The smallest absolute Gasteiger partial charge is 0.343 e. The Labute approximate surface area is 203 Å². The summed E-state index contributed by atoms with van der Waals surface area (Å²) in [6, 6.07) is 26.5. The predicted molar refractivity (Wildman–Crippen MR) is 133 cm³/mol. The number of benzene rings is 3. The number of ether oxygens (including phenoxy) is 1. The van der Waals surface area contributed by atoms with Gasteiger partial charge in [-0.1, -0.05) is 60.7 Å². The molecular weight excluding hydrogens is 440 g/mol. The summed E-state index contributed by atoms with van der Waals surface area (Å²) < 4.78 is 6.85. The number of nitrogens with zero attached hydrogens (tertiary/aromatic N) is 4. The van der Waals surface area contributed by atoms with Gasteiger partial charge in [0.15, 0.2) is 5.82 Å². The lowest BCUT2D eigenvalue weighted by Gasteiger charge is -2.19. The van der Waals surface area contributed by atoms with Crippen LogP contribution in [0.5, 0.6) is 0 Å². The topological polar surface area (TPSA) is 88.2 Å². The molecular formula is C28H24N4O3. The molecule has 0 saturated heterocycles. The van der Waals surface area contributed by atoms with Crippen LogP contribution in [0.4, 0.5) is 11.5 Å². The van der Waals surface area contributed by atoms with E-state index in [4.69, 9.17) is 4.74 Å². The number of amides is 1. The molecule has 0 bridgehead atoms. The molecule has 1 heterocycles. The zero-order chi connectivity index (χ0) is 24.8. The van der Waals surface area contributed by atoms with Crippen molar-refractivity contribution in [2.75, 3.05) is 11.5 Å². The first-order valence-corrected chi connectivity index (χ1v) is 11.2. The van der Waals surface area contributed by atoms with Crippen LogP contribution >= 0.6 is 0 Å². The molecule has 3 aromatic carbocycles. The van der Waals surface area contributed by atoms with Crippen LogP contribution in [-0.4, -0.2) is 28.3 Å². The Kier molecular flexibility index (Phi) is 7.03. The molecule has 0 fully saturated rings. The minimum atomic E-state index is -0.542. The van der Waals surface area contributed by atoms with E-state index < -0.39 is 5.97 Å². The number of nitriles is 1. The van der Waals surface area contributed by atoms with E-state index in [1.54, 1.807) is 36.0 Å². The zero-order valence-corrected chi connectivity index (χ0v) is 19.5. The number of hydrogen-bond donors (Lipinski definition) is 0. The summed E-state index contributed by atoms with van der Waals surface area (Å²) in [5.74, 6) is -0.589. The van der Waals surface area contributed by atoms with Crippen molar-refractivity contribution < 1.29 is 14.3 Å². The number of para-hydroxylation sites is 1. The molecule has 7 nitrogen and oxygen atoms in total. The first-order chi connectivity index (χ1) is 17.0. The van der Waals surface area contributed by atoms with Gasteiger partial charge in [0.1, 0.15) is 5.56 Å². The van der Waals surface area contributed by atoms with Crippen molar-refractivity contribution in [1.82, 2.24) is 9.78 Å². The molecule has 0 aliphatic carbocycles. The third kappa shape index (κ3) is 5.12. The molecule has 35 heavy (non-hydrogen) atoms. The van der Waals surface area contributed by atoms with Crippen molar-refractivity contribution >= 4 is 23.4 Å². The quantitative estimate of drug-likeness (QED) is 0.345. The van der Waals surface area contributed by atoms with Crippen molar-refractivity contribution in [3.8, 4) is 17.2 Å². The lowest BCUT2D eigenvalue weighted by molar-refractivity contribution is -0.115. The summed E-state index contributed by atoms with van der Waals surface area (Å²) in [6.07, 6.45) is 1.60. The second kappa shape index (κ2) is 10.5. The molecule has 4 rings (SSSR count). The van der Waals surface area contributed by atoms with Gasteiger partial charge < -0.3 is 4.74 Å². The third-order valence-corrected chi connectivity index (χ3v) is 5.44. The standard InChI is InChI=1S/C28H24N4O3/c1-3-35-28(34)26-19-31(30-27(26)32(20(2)33)24-10-5-4-6-11-24)18-21-13-15-22(16-14-21)25-12-8-7-9-23(25)17-29/h4-16,19H,3,18H2,1-2H3. The zero-order valence-electron chi connectivity index (χ0n) is 19.5. The van der Waals surface area contributed by atoms with E-state index in [2.05, 4.69) is 11.2 Å². The maximum atomic E-state index is 12.7. The van der Waals surface area contributed by atoms with E-state index in [1.165, 1.54) is 11.8 Å². The van der Waals surface area contributed by atoms with Gasteiger partial charge in [0, 0.05) is 13.1 Å². The maximum Gasteiger partial charge on any atom is 0.343 e. The van der Waals surface area contributed by atoms with Crippen molar-refractivity contribution in [3.05, 3.63) is 102 Å². The lowest BCUT2D eigenvalue weighted by Crippen LogP contribution is -2.25. The van der Waals surface area contributed by atoms with E-state index in [0.717, 1.165) is 16.7 Å². The number of carbonyl (C=O) groups excluding carboxylic acids is 2. The third-order valence-electron chi connectivity index (χ3n) is 5.44. The Morgan fingerprint density at radius 1 is 1.00 bits per heavy atom. The minimum absolute atomic E-state index is 0.209. The van der Waals surface area contributed by atoms with Gasteiger partial charge in [-0.15, -0.1) is 0 Å². The van der Waals surface area contributed by atoms with E-state index in [1.807, 2.05) is 60.7 Å². The number of hydrogen-bond acceptors (Lipinski definition) is 5. The summed E-state index contributed by atoms with van der Waals surface area (Å²) in [5.41, 5.74) is 4.18. The van der Waals surface area contributed by atoms with Crippen LogP contribution in [0.25, 0.3) is 11.1 Å². The van der Waals surface area contributed by atoms with Gasteiger partial charge >= 0.3 is 5.97 Å². The van der Waals surface area contributed by atoms with Gasteiger partial charge in [-0.05, 0) is 41.8 Å². The van der Waals surface area contributed by atoms with Gasteiger partial charge in [-0.25, -0.2) is 4.79 Å². The number of rotatable bonds is 7. The normalized spacial score (nSPS) is 10.4. The molecule has 7 heteroatoms. The lowest BCUT2D eigenvalue weighted by atomic mass is 9.99. The van der Waals surface area contributed by atoms with Gasteiger partial charge in [-0.3, -0.25) is 14.4 Å². The van der Waals surface area contributed by atoms with Crippen molar-refractivity contribution in [2.45, 2.75) is 20.4 Å².